The summed E-state index contributed by atoms with van der Waals surface area (Å²) in [6.07, 6.45) is 8.32. The van der Waals surface area contributed by atoms with Gasteiger partial charge >= 0.3 is 19.8 Å². The molecule has 0 heterocycles. The van der Waals surface area contributed by atoms with Crippen molar-refractivity contribution in [3.05, 3.63) is 24.3 Å². The number of aliphatic hydroxyl groups is 5. The number of carbonyl (C=O) groups is 2. The van der Waals surface area contributed by atoms with Gasteiger partial charge in [-0.05, 0) is 38.5 Å². The lowest BCUT2D eigenvalue weighted by Crippen LogP contribution is -2.64. The molecule has 6 unspecified atom stereocenters. The third-order valence-corrected chi connectivity index (χ3v) is 8.09. The number of rotatable bonds is 23. The molecule has 1 aliphatic rings. The van der Waals surface area contributed by atoms with Crippen molar-refractivity contribution in [1.82, 2.24) is 0 Å². The molecule has 1 saturated carbocycles. The van der Waals surface area contributed by atoms with Gasteiger partial charge < -0.3 is 39.9 Å². The van der Waals surface area contributed by atoms with Gasteiger partial charge in [0.25, 0.3) is 0 Å². The second-order valence-electron chi connectivity index (χ2n) is 11.0. The number of unbranched alkanes of at least 4 members (excludes halogenated alkanes) is 9. The van der Waals surface area contributed by atoms with Crippen LogP contribution in [0.2, 0.25) is 0 Å². The summed E-state index contributed by atoms with van der Waals surface area (Å²) in [5.41, 5.74) is 0. The molecule has 256 valence electrons. The van der Waals surface area contributed by atoms with Crippen LogP contribution < -0.4 is 0 Å². The van der Waals surface area contributed by atoms with Crippen LogP contribution in [0.15, 0.2) is 24.3 Å². The van der Waals surface area contributed by atoms with Crippen LogP contribution in [-0.2, 0) is 32.7 Å². The molecule has 6 N–H and O–H groups in total. The zero-order valence-corrected chi connectivity index (χ0v) is 26.8. The largest absolute Gasteiger partial charge is 0.472 e. The molecule has 0 aromatic carbocycles. The fraction of sp³-hybridized carbons (Fsp3) is 0.800. The van der Waals surface area contributed by atoms with E-state index in [-0.39, 0.29) is 6.42 Å². The zero-order chi connectivity index (χ0) is 33.0. The fourth-order valence-corrected chi connectivity index (χ4v) is 5.48. The summed E-state index contributed by atoms with van der Waals surface area (Å²) in [4.78, 5) is 33.6. The smallest absolute Gasteiger partial charge is 0.462 e. The van der Waals surface area contributed by atoms with Gasteiger partial charge in [0.15, 0.2) is 6.10 Å². The van der Waals surface area contributed by atoms with Crippen LogP contribution in [0, 0.1) is 0 Å². The average molecular weight is 653 g/mol. The minimum Gasteiger partial charge on any atom is -0.462 e. The van der Waals surface area contributed by atoms with E-state index in [4.69, 9.17) is 18.5 Å². The number of hydrogen-bond acceptors (Lipinski definition) is 12. The van der Waals surface area contributed by atoms with Gasteiger partial charge in [0.05, 0.1) is 6.61 Å². The van der Waals surface area contributed by atoms with Crippen LogP contribution in [0.3, 0.4) is 0 Å². The molecular weight excluding hydrogens is 599 g/mol. The van der Waals surface area contributed by atoms with Crippen molar-refractivity contribution in [2.45, 2.75) is 140 Å². The molecule has 1 fully saturated rings. The first kappa shape index (κ1) is 40.4. The number of phosphoric acid groups is 1. The number of phosphoric ester groups is 1. The highest BCUT2D eigenvalue weighted by Crippen LogP contribution is 2.47. The Morgan fingerprint density at radius 3 is 1.84 bits per heavy atom. The van der Waals surface area contributed by atoms with Crippen LogP contribution in [-0.4, -0.2) is 98.3 Å². The Morgan fingerprint density at radius 2 is 1.27 bits per heavy atom. The Bertz CT molecular complexity index is 895. The molecule has 6 atom stereocenters. The molecule has 0 radical (unpaired) electrons. The number of aliphatic hydroxyl groups excluding tert-OH is 5. The molecule has 0 saturated heterocycles. The Balaban J connectivity index is 2.35. The van der Waals surface area contributed by atoms with Gasteiger partial charge in [0.2, 0.25) is 0 Å². The van der Waals surface area contributed by atoms with E-state index < -0.39 is 75.7 Å². The van der Waals surface area contributed by atoms with E-state index in [1.165, 1.54) is 25.7 Å². The van der Waals surface area contributed by atoms with E-state index in [1.807, 2.05) is 0 Å². The molecule has 1 rings (SSSR count). The maximum Gasteiger partial charge on any atom is 0.472 e. The van der Waals surface area contributed by atoms with Crippen molar-refractivity contribution in [1.29, 1.82) is 0 Å². The van der Waals surface area contributed by atoms with Gasteiger partial charge in [-0.25, -0.2) is 4.57 Å². The van der Waals surface area contributed by atoms with Gasteiger partial charge in [-0.3, -0.25) is 18.6 Å². The number of hydrogen-bond donors (Lipinski definition) is 6. The molecule has 14 heteroatoms. The number of carbonyl (C=O) groups excluding carboxylic acids is 2. The summed E-state index contributed by atoms with van der Waals surface area (Å²) in [5.74, 6) is -1.31. The summed E-state index contributed by atoms with van der Waals surface area (Å²) in [7, 11) is -5.07. The molecule has 1 aliphatic carbocycles. The monoisotopic (exact) mass is 652 g/mol. The second-order valence-corrected chi connectivity index (χ2v) is 12.4. The molecule has 44 heavy (non-hydrogen) atoms. The molecule has 0 aromatic heterocycles. The van der Waals surface area contributed by atoms with Crippen molar-refractivity contribution >= 4 is 19.8 Å². The van der Waals surface area contributed by atoms with Gasteiger partial charge in [-0.15, -0.1) is 0 Å². The normalized spacial score (nSPS) is 26.1. The van der Waals surface area contributed by atoms with Gasteiger partial charge in [-0.2, -0.15) is 0 Å². The Kier molecular flexibility index (Phi) is 20.9. The third-order valence-electron chi connectivity index (χ3n) is 7.10. The summed E-state index contributed by atoms with van der Waals surface area (Å²) < 4.78 is 32.1. The van der Waals surface area contributed by atoms with E-state index in [2.05, 4.69) is 31.2 Å². The van der Waals surface area contributed by atoms with E-state index in [0.717, 1.165) is 51.9 Å². The zero-order valence-electron chi connectivity index (χ0n) is 25.9. The summed E-state index contributed by atoms with van der Waals surface area (Å²) in [6.45, 7) is 2.12. The first-order chi connectivity index (χ1) is 20.9. The summed E-state index contributed by atoms with van der Waals surface area (Å²) in [6, 6.07) is 0. The second kappa shape index (κ2) is 22.8. The van der Waals surface area contributed by atoms with Crippen LogP contribution in [0.25, 0.3) is 0 Å². The fourth-order valence-electron chi connectivity index (χ4n) is 4.51. The SMILES string of the molecule is CCCCCC/C=C\C/C=C\CCCCCCCC(=O)OC(COC(C)=O)COP(=O)(O)OC1C(O)C(O)C(O)C(O)C1O. The van der Waals surface area contributed by atoms with E-state index >= 15 is 0 Å². The Labute approximate surface area is 260 Å². The van der Waals surface area contributed by atoms with Crippen LogP contribution in [0.5, 0.6) is 0 Å². The molecule has 0 bridgehead atoms. The highest BCUT2D eigenvalue weighted by molar-refractivity contribution is 7.47. The number of allylic oxidation sites excluding steroid dienone is 4. The summed E-state index contributed by atoms with van der Waals surface area (Å²) in [5, 5.41) is 49.2. The van der Waals surface area contributed by atoms with Crippen molar-refractivity contribution in [3.8, 4) is 0 Å². The van der Waals surface area contributed by atoms with E-state index in [9.17, 15) is 44.6 Å². The lowest BCUT2D eigenvalue weighted by Gasteiger charge is -2.41. The van der Waals surface area contributed by atoms with E-state index in [0.29, 0.717) is 6.42 Å². The standard InChI is InChI=1S/C30H53O13P/c1-3-4-5-6-7-8-9-10-11-12-13-14-15-16-17-18-19-24(32)42-23(20-40-22(2)31)21-41-44(38,39)43-30-28(36)26(34)25(33)27(35)29(30)37/h8-9,11-12,23,25-30,33-37H,3-7,10,13-21H2,1-2H3,(H,38,39)/b9-8-,12-11-. The Morgan fingerprint density at radius 1 is 0.750 bits per heavy atom. The lowest BCUT2D eigenvalue weighted by atomic mass is 9.85. The van der Waals surface area contributed by atoms with Crippen molar-refractivity contribution < 1.29 is 63.1 Å². The highest BCUT2D eigenvalue weighted by Gasteiger charge is 2.51. The number of ether oxygens (including phenoxy) is 2. The predicted molar refractivity (Wildman–Crippen MR) is 161 cm³/mol. The molecule has 0 aliphatic heterocycles. The van der Waals surface area contributed by atoms with Crippen LogP contribution in [0.4, 0.5) is 0 Å². The minimum atomic E-state index is -5.07. The van der Waals surface area contributed by atoms with Crippen LogP contribution >= 0.6 is 7.82 Å². The van der Waals surface area contributed by atoms with Gasteiger partial charge in [0, 0.05) is 13.3 Å². The molecule has 0 aromatic rings. The van der Waals surface area contributed by atoms with Crippen molar-refractivity contribution in [2.75, 3.05) is 13.2 Å². The highest BCUT2D eigenvalue weighted by atomic mass is 31.2. The quantitative estimate of drug-likeness (QED) is 0.0406. The molecule has 13 nitrogen and oxygen atoms in total. The average Bonchev–Trinajstić information content (AvgIpc) is 2.98. The first-order valence-corrected chi connectivity index (χ1v) is 17.1. The maximum atomic E-state index is 12.4. The molecule has 0 amide bonds. The predicted octanol–water partition coefficient (Wildman–Crippen LogP) is 2.99. The van der Waals surface area contributed by atoms with E-state index in [1.54, 1.807) is 0 Å². The van der Waals surface area contributed by atoms with Gasteiger partial charge in [0.1, 0.15) is 43.2 Å². The lowest BCUT2D eigenvalue weighted by molar-refractivity contribution is -0.220. The van der Waals surface area contributed by atoms with Crippen LogP contribution in [0.1, 0.15) is 97.3 Å². The van der Waals surface area contributed by atoms with Gasteiger partial charge in [-0.1, -0.05) is 69.8 Å². The minimum absolute atomic E-state index is 0.0765. The van der Waals surface area contributed by atoms with Crippen molar-refractivity contribution in [3.63, 3.8) is 0 Å². The van der Waals surface area contributed by atoms with Crippen molar-refractivity contribution in [2.24, 2.45) is 0 Å². The topological polar surface area (TPSA) is 210 Å². The number of esters is 2. The maximum absolute atomic E-state index is 12.4. The summed E-state index contributed by atoms with van der Waals surface area (Å²) >= 11 is 0. The molecule has 0 spiro atoms. The Hall–Kier alpha value is -1.67. The molecular formula is C30H53O13P. The third kappa shape index (κ3) is 17.1. The first-order valence-electron chi connectivity index (χ1n) is 15.6.